The molecule has 1 fully saturated rings. The lowest BCUT2D eigenvalue weighted by molar-refractivity contribution is -0.121. The Morgan fingerprint density at radius 3 is 2.64 bits per heavy atom. The third kappa shape index (κ3) is 5.52. The fourth-order valence-corrected chi connectivity index (χ4v) is 3.42. The van der Waals surface area contributed by atoms with Crippen LogP contribution in [0.1, 0.15) is 37.7 Å². The molecule has 3 N–H and O–H groups in total. The van der Waals surface area contributed by atoms with Crippen molar-refractivity contribution in [2.45, 2.75) is 44.6 Å². The predicted molar refractivity (Wildman–Crippen MR) is 92.6 cm³/mol. The highest BCUT2D eigenvalue weighted by Gasteiger charge is 2.23. The molecule has 1 atom stereocenters. The quantitative estimate of drug-likeness (QED) is 0.803. The van der Waals surface area contributed by atoms with Gasteiger partial charge < -0.3 is 11.1 Å². The molecular formula is C16H23BrClFN2O. The van der Waals surface area contributed by atoms with Gasteiger partial charge in [0, 0.05) is 12.6 Å². The van der Waals surface area contributed by atoms with Crippen molar-refractivity contribution in [3.63, 3.8) is 0 Å². The second-order valence-corrected chi connectivity index (χ2v) is 6.59. The third-order valence-electron chi connectivity index (χ3n) is 4.17. The number of hydrogen-bond donors (Lipinski definition) is 2. The van der Waals surface area contributed by atoms with Gasteiger partial charge >= 0.3 is 0 Å². The summed E-state index contributed by atoms with van der Waals surface area (Å²) >= 11 is 3.14. The number of carbonyl (C=O) groups is 1. The second-order valence-electron chi connectivity index (χ2n) is 5.73. The van der Waals surface area contributed by atoms with E-state index in [0.29, 0.717) is 16.9 Å². The summed E-state index contributed by atoms with van der Waals surface area (Å²) in [6.07, 6.45) is 6.27. The normalized spacial score (nSPS) is 16.7. The van der Waals surface area contributed by atoms with Gasteiger partial charge in [0.1, 0.15) is 5.82 Å². The molecule has 124 valence electrons. The van der Waals surface area contributed by atoms with Gasteiger partial charge in [-0.15, -0.1) is 12.4 Å². The Kier molecular flexibility index (Phi) is 8.36. The largest absolute Gasteiger partial charge is 0.352 e. The van der Waals surface area contributed by atoms with E-state index >= 15 is 0 Å². The Morgan fingerprint density at radius 2 is 2.05 bits per heavy atom. The Labute approximate surface area is 145 Å². The van der Waals surface area contributed by atoms with Crippen LogP contribution in [-0.2, 0) is 11.2 Å². The van der Waals surface area contributed by atoms with Gasteiger partial charge in [-0.25, -0.2) is 4.39 Å². The Morgan fingerprint density at radius 1 is 1.36 bits per heavy atom. The second kappa shape index (κ2) is 9.48. The van der Waals surface area contributed by atoms with Gasteiger partial charge in [-0.05, 0) is 52.4 Å². The van der Waals surface area contributed by atoms with Crippen molar-refractivity contribution in [3.8, 4) is 0 Å². The summed E-state index contributed by atoms with van der Waals surface area (Å²) in [5, 5.41) is 3.05. The molecule has 1 aromatic carbocycles. The number of benzene rings is 1. The van der Waals surface area contributed by atoms with Gasteiger partial charge in [-0.1, -0.05) is 25.3 Å². The molecule has 1 amide bonds. The maximum atomic E-state index is 13.2. The Hall–Kier alpha value is -0.650. The highest BCUT2D eigenvalue weighted by atomic mass is 79.9. The van der Waals surface area contributed by atoms with E-state index in [2.05, 4.69) is 21.2 Å². The topological polar surface area (TPSA) is 55.1 Å². The van der Waals surface area contributed by atoms with Crippen molar-refractivity contribution in [1.29, 1.82) is 0 Å². The van der Waals surface area contributed by atoms with Gasteiger partial charge in [0.15, 0.2) is 0 Å². The summed E-state index contributed by atoms with van der Waals surface area (Å²) in [7, 11) is 0. The van der Waals surface area contributed by atoms with Gasteiger partial charge in [-0.3, -0.25) is 4.79 Å². The smallest absolute Gasteiger partial charge is 0.224 e. The lowest BCUT2D eigenvalue weighted by atomic mass is 9.84. The molecule has 22 heavy (non-hydrogen) atoms. The minimum absolute atomic E-state index is 0. The molecule has 0 aromatic heterocycles. The summed E-state index contributed by atoms with van der Waals surface area (Å²) in [4.78, 5) is 12.1. The molecule has 1 saturated carbocycles. The average molecular weight is 394 g/mol. The summed E-state index contributed by atoms with van der Waals surface area (Å²) in [5.41, 5.74) is 6.61. The van der Waals surface area contributed by atoms with Gasteiger partial charge in [0.05, 0.1) is 10.9 Å². The first-order valence-corrected chi connectivity index (χ1v) is 8.33. The number of halogens is 3. The molecular weight excluding hydrogens is 371 g/mol. The van der Waals surface area contributed by atoms with Crippen molar-refractivity contribution in [3.05, 3.63) is 34.1 Å². The first-order valence-electron chi connectivity index (χ1n) is 7.53. The van der Waals surface area contributed by atoms with Crippen LogP contribution in [0.4, 0.5) is 4.39 Å². The monoisotopic (exact) mass is 392 g/mol. The lowest BCUT2D eigenvalue weighted by Crippen LogP contribution is -2.46. The van der Waals surface area contributed by atoms with Crippen LogP contribution in [0.3, 0.4) is 0 Å². The molecule has 0 heterocycles. The average Bonchev–Trinajstić information content (AvgIpc) is 2.49. The van der Waals surface area contributed by atoms with E-state index in [9.17, 15) is 9.18 Å². The summed E-state index contributed by atoms with van der Waals surface area (Å²) in [6.45, 7) is 0.476. The van der Waals surface area contributed by atoms with Crippen LogP contribution in [0.2, 0.25) is 0 Å². The zero-order chi connectivity index (χ0) is 15.2. The summed E-state index contributed by atoms with van der Waals surface area (Å²) in [5.74, 6) is 0.128. The zero-order valence-corrected chi connectivity index (χ0v) is 14.9. The minimum Gasteiger partial charge on any atom is -0.352 e. The fourth-order valence-electron chi connectivity index (χ4n) is 3.00. The van der Waals surface area contributed by atoms with Gasteiger partial charge in [-0.2, -0.15) is 0 Å². The van der Waals surface area contributed by atoms with E-state index in [4.69, 9.17) is 5.73 Å². The number of amides is 1. The van der Waals surface area contributed by atoms with Crippen molar-refractivity contribution in [1.82, 2.24) is 5.32 Å². The molecule has 0 aliphatic heterocycles. The molecule has 0 saturated heterocycles. The molecule has 0 radical (unpaired) electrons. The van der Waals surface area contributed by atoms with Crippen molar-refractivity contribution in [2.75, 3.05) is 6.54 Å². The number of carbonyl (C=O) groups excluding carboxylic acids is 1. The first kappa shape index (κ1) is 19.4. The van der Waals surface area contributed by atoms with Gasteiger partial charge in [0.2, 0.25) is 5.91 Å². The molecule has 1 aromatic rings. The summed E-state index contributed by atoms with van der Waals surface area (Å²) < 4.78 is 13.6. The van der Waals surface area contributed by atoms with Crippen LogP contribution in [0, 0.1) is 11.7 Å². The highest BCUT2D eigenvalue weighted by Crippen LogP contribution is 2.26. The SMILES string of the molecule is Cl.NCC(NC(=O)Cc1ccc(F)c(Br)c1)C1CCCCC1. The molecule has 6 heteroatoms. The number of nitrogens with one attached hydrogen (secondary N) is 1. The van der Waals surface area contributed by atoms with Crippen LogP contribution in [0.15, 0.2) is 22.7 Å². The Balaban J connectivity index is 0.00000242. The predicted octanol–water partition coefficient (Wildman–Crippen LogP) is 3.58. The molecule has 1 aliphatic carbocycles. The molecule has 2 rings (SSSR count). The van der Waals surface area contributed by atoms with E-state index in [1.54, 1.807) is 12.1 Å². The van der Waals surface area contributed by atoms with Crippen LogP contribution in [0.5, 0.6) is 0 Å². The van der Waals surface area contributed by atoms with E-state index in [0.717, 1.165) is 18.4 Å². The summed E-state index contributed by atoms with van der Waals surface area (Å²) in [6, 6.07) is 4.71. The standard InChI is InChI=1S/C16H22BrFN2O.ClH/c17-13-8-11(6-7-14(13)18)9-16(21)20-15(10-19)12-4-2-1-3-5-12;/h6-8,12,15H,1-5,9-10,19H2,(H,20,21);1H. The van der Waals surface area contributed by atoms with Crippen LogP contribution >= 0.6 is 28.3 Å². The maximum absolute atomic E-state index is 13.2. The fraction of sp³-hybridized carbons (Fsp3) is 0.562. The number of rotatable bonds is 5. The lowest BCUT2D eigenvalue weighted by Gasteiger charge is -2.30. The molecule has 3 nitrogen and oxygen atoms in total. The van der Waals surface area contributed by atoms with E-state index < -0.39 is 0 Å². The maximum Gasteiger partial charge on any atom is 0.224 e. The molecule has 1 aliphatic rings. The zero-order valence-electron chi connectivity index (χ0n) is 12.5. The van der Waals surface area contributed by atoms with Crippen LogP contribution in [-0.4, -0.2) is 18.5 Å². The van der Waals surface area contributed by atoms with Crippen molar-refractivity contribution < 1.29 is 9.18 Å². The van der Waals surface area contributed by atoms with Crippen molar-refractivity contribution >= 4 is 34.2 Å². The van der Waals surface area contributed by atoms with Crippen LogP contribution < -0.4 is 11.1 Å². The van der Waals surface area contributed by atoms with Crippen molar-refractivity contribution in [2.24, 2.45) is 11.7 Å². The van der Waals surface area contributed by atoms with E-state index in [-0.39, 0.29) is 36.6 Å². The number of hydrogen-bond acceptors (Lipinski definition) is 2. The minimum atomic E-state index is -0.318. The van der Waals surface area contributed by atoms with Crippen LogP contribution in [0.25, 0.3) is 0 Å². The first-order chi connectivity index (χ1) is 10.1. The number of nitrogens with two attached hydrogens (primary N) is 1. The molecule has 1 unspecified atom stereocenters. The highest BCUT2D eigenvalue weighted by molar-refractivity contribution is 9.10. The molecule has 0 spiro atoms. The molecule has 0 bridgehead atoms. The van der Waals surface area contributed by atoms with Gasteiger partial charge in [0.25, 0.3) is 0 Å². The van der Waals surface area contributed by atoms with E-state index in [1.807, 2.05) is 0 Å². The third-order valence-corrected chi connectivity index (χ3v) is 4.78. The van der Waals surface area contributed by atoms with E-state index in [1.165, 1.54) is 25.3 Å². The Bertz CT molecular complexity index is 495.